The second kappa shape index (κ2) is 10.8. The molecule has 0 bridgehead atoms. The van der Waals surface area contributed by atoms with E-state index >= 15 is 0 Å². The maximum Gasteiger partial charge on any atom is 0.310 e. The Hall–Kier alpha value is -1.06. The van der Waals surface area contributed by atoms with Gasteiger partial charge in [0, 0.05) is 23.2 Å². The molecule has 0 fully saturated rings. The van der Waals surface area contributed by atoms with Crippen LogP contribution < -0.4 is 0 Å². The zero-order valence-corrected chi connectivity index (χ0v) is 12.6. The molecular weight excluding hydrogens is 283 g/mol. The molecule has 19 heavy (non-hydrogen) atoms. The molecule has 0 heterocycles. The number of carbonyl (C=O) groups is 1. The molecule has 0 saturated carbocycles. The zero-order chi connectivity index (χ0) is 13.2. The first-order valence-electron chi connectivity index (χ1n) is 6.59. The second-order valence-electron chi connectivity index (χ2n) is 4.84. The van der Waals surface area contributed by atoms with Crippen molar-refractivity contribution >= 4 is 12.0 Å². The van der Waals surface area contributed by atoms with Gasteiger partial charge in [0.15, 0.2) is 0 Å². The second-order valence-corrected chi connectivity index (χ2v) is 4.84. The monoisotopic (exact) mass is 305 g/mol. The Labute approximate surface area is 126 Å². The predicted octanol–water partition coefficient (Wildman–Crippen LogP) is 4.41. The van der Waals surface area contributed by atoms with Gasteiger partial charge in [-0.15, -0.1) is 0 Å². The molecule has 2 nitrogen and oxygen atoms in total. The van der Waals surface area contributed by atoms with Gasteiger partial charge >= 0.3 is 5.97 Å². The maximum absolute atomic E-state index is 11.4. The molecule has 0 aliphatic carbocycles. The van der Waals surface area contributed by atoms with Crippen molar-refractivity contribution in [1.82, 2.24) is 0 Å². The molecule has 0 aromatic heterocycles. The van der Waals surface area contributed by atoms with E-state index in [0.29, 0.717) is 12.3 Å². The van der Waals surface area contributed by atoms with Crippen LogP contribution in [0.5, 0.6) is 0 Å². The van der Waals surface area contributed by atoms with Gasteiger partial charge in [0.05, 0.1) is 6.26 Å². The minimum atomic E-state index is -0.147. The van der Waals surface area contributed by atoms with Crippen molar-refractivity contribution < 1.29 is 26.3 Å². The molecule has 0 N–H and O–H groups in total. The summed E-state index contributed by atoms with van der Waals surface area (Å²) in [4.78, 5) is 11.4. The van der Waals surface area contributed by atoms with Crippen molar-refractivity contribution in [1.29, 1.82) is 0 Å². The van der Waals surface area contributed by atoms with E-state index in [4.69, 9.17) is 4.74 Å². The summed E-state index contributed by atoms with van der Waals surface area (Å²) in [5.74, 6) is 0.560. The molecule has 0 spiro atoms. The Morgan fingerprint density at radius 2 is 1.89 bits per heavy atom. The quantitative estimate of drug-likeness (QED) is 0.423. The summed E-state index contributed by atoms with van der Waals surface area (Å²) in [5.41, 5.74) is 1.03. The third kappa shape index (κ3) is 9.51. The predicted molar refractivity (Wildman–Crippen MR) is 74.9 cm³/mol. The van der Waals surface area contributed by atoms with Gasteiger partial charge in [-0.3, -0.25) is 4.79 Å². The van der Waals surface area contributed by atoms with Crippen molar-refractivity contribution in [2.45, 2.75) is 39.5 Å². The average Bonchev–Trinajstić information content (AvgIpc) is 2.36. The summed E-state index contributed by atoms with van der Waals surface area (Å²) in [6.45, 7) is 4.39. The van der Waals surface area contributed by atoms with Crippen LogP contribution in [-0.4, -0.2) is 5.97 Å². The van der Waals surface area contributed by atoms with Gasteiger partial charge in [0.25, 0.3) is 0 Å². The van der Waals surface area contributed by atoms with Crippen molar-refractivity contribution in [3.8, 4) is 0 Å². The Balaban J connectivity index is 0.00000324. The summed E-state index contributed by atoms with van der Waals surface area (Å²) < 4.78 is 5.03. The first-order chi connectivity index (χ1) is 8.68. The summed E-state index contributed by atoms with van der Waals surface area (Å²) in [7, 11) is 0. The van der Waals surface area contributed by atoms with Crippen LogP contribution in [0.15, 0.2) is 36.6 Å². The van der Waals surface area contributed by atoms with E-state index in [1.807, 2.05) is 30.3 Å². The van der Waals surface area contributed by atoms with E-state index in [1.54, 1.807) is 6.08 Å². The van der Waals surface area contributed by atoms with E-state index in [-0.39, 0.29) is 22.7 Å². The summed E-state index contributed by atoms with van der Waals surface area (Å²) in [6, 6.07) is 9.79. The Bertz CT molecular complexity index is 372. The van der Waals surface area contributed by atoms with Crippen LogP contribution in [0.4, 0.5) is 0 Å². The van der Waals surface area contributed by atoms with Gasteiger partial charge in [-0.05, 0) is 24.0 Å². The molecule has 0 aliphatic heterocycles. The molecular formula is C16H22CoO2. The van der Waals surface area contributed by atoms with E-state index in [2.05, 4.69) is 13.8 Å². The Kier molecular flexibility index (Phi) is 10.2. The number of carbonyl (C=O) groups excluding carboxylic acids is 1. The summed E-state index contributed by atoms with van der Waals surface area (Å²) in [6.07, 6.45) is 6.95. The van der Waals surface area contributed by atoms with Crippen molar-refractivity contribution in [3.05, 3.63) is 42.2 Å². The van der Waals surface area contributed by atoms with Gasteiger partial charge in [-0.1, -0.05) is 57.0 Å². The van der Waals surface area contributed by atoms with Gasteiger partial charge in [-0.2, -0.15) is 0 Å². The van der Waals surface area contributed by atoms with Gasteiger partial charge < -0.3 is 4.74 Å². The summed E-state index contributed by atoms with van der Waals surface area (Å²) in [5, 5.41) is 0. The molecule has 107 valence electrons. The molecule has 1 radical (unpaired) electrons. The molecule has 1 aromatic rings. The van der Waals surface area contributed by atoms with Crippen LogP contribution >= 0.6 is 0 Å². The molecule has 3 heteroatoms. The van der Waals surface area contributed by atoms with Crippen LogP contribution in [0.1, 0.15) is 45.1 Å². The minimum Gasteiger partial charge on any atom is -0.434 e. The average molecular weight is 305 g/mol. The van der Waals surface area contributed by atoms with Crippen molar-refractivity contribution in [2.24, 2.45) is 5.92 Å². The first kappa shape index (κ1) is 17.9. The van der Waals surface area contributed by atoms with E-state index in [0.717, 1.165) is 18.4 Å². The largest absolute Gasteiger partial charge is 0.434 e. The number of esters is 1. The number of rotatable bonds is 7. The standard InChI is InChI=1S/C16H22O2.Co/c1-14(2)8-6-7-11-16(17)18-13-12-15-9-4-3-5-10-15;/h3-5,9-10,12-14H,6-8,11H2,1-2H3;. The van der Waals surface area contributed by atoms with Gasteiger partial charge in [0.2, 0.25) is 0 Å². The fourth-order valence-electron chi connectivity index (χ4n) is 1.63. The maximum atomic E-state index is 11.4. The third-order valence-corrected chi connectivity index (χ3v) is 2.67. The first-order valence-corrected chi connectivity index (χ1v) is 6.59. The fraction of sp³-hybridized carbons (Fsp3) is 0.438. The van der Waals surface area contributed by atoms with E-state index in [9.17, 15) is 4.79 Å². The topological polar surface area (TPSA) is 26.3 Å². The Morgan fingerprint density at radius 3 is 2.53 bits per heavy atom. The Morgan fingerprint density at radius 1 is 1.21 bits per heavy atom. The van der Waals surface area contributed by atoms with Crippen molar-refractivity contribution in [3.63, 3.8) is 0 Å². The van der Waals surface area contributed by atoms with Gasteiger partial charge in [-0.25, -0.2) is 0 Å². The molecule has 0 atom stereocenters. The van der Waals surface area contributed by atoms with E-state index < -0.39 is 0 Å². The molecule has 0 saturated heterocycles. The molecule has 0 unspecified atom stereocenters. The zero-order valence-electron chi connectivity index (χ0n) is 11.6. The third-order valence-electron chi connectivity index (χ3n) is 2.67. The number of hydrogen-bond acceptors (Lipinski definition) is 2. The number of ether oxygens (including phenoxy) is 1. The van der Waals surface area contributed by atoms with Crippen LogP contribution in [0, 0.1) is 5.92 Å². The molecule has 1 aromatic carbocycles. The van der Waals surface area contributed by atoms with E-state index in [1.165, 1.54) is 12.7 Å². The van der Waals surface area contributed by atoms with Crippen molar-refractivity contribution in [2.75, 3.05) is 0 Å². The number of benzene rings is 1. The minimum absolute atomic E-state index is 0. The molecule has 1 rings (SSSR count). The number of hydrogen-bond donors (Lipinski definition) is 0. The smallest absolute Gasteiger partial charge is 0.310 e. The molecule has 0 amide bonds. The van der Waals surface area contributed by atoms with Crippen LogP contribution in [-0.2, 0) is 26.3 Å². The fourth-order valence-corrected chi connectivity index (χ4v) is 1.63. The van der Waals surface area contributed by atoms with Crippen LogP contribution in [0.3, 0.4) is 0 Å². The van der Waals surface area contributed by atoms with Gasteiger partial charge in [0.1, 0.15) is 0 Å². The van der Waals surface area contributed by atoms with Crippen LogP contribution in [0.25, 0.3) is 6.08 Å². The van der Waals surface area contributed by atoms with Crippen LogP contribution in [0.2, 0.25) is 0 Å². The SMILES string of the molecule is CC(C)CCCCC(=O)OC=Cc1ccccc1.[Co]. The molecule has 0 aliphatic rings. The summed E-state index contributed by atoms with van der Waals surface area (Å²) >= 11 is 0. The number of unbranched alkanes of at least 4 members (excludes halogenated alkanes) is 1. The normalized spacial score (nSPS) is 10.5.